The summed E-state index contributed by atoms with van der Waals surface area (Å²) in [6.07, 6.45) is 0. The summed E-state index contributed by atoms with van der Waals surface area (Å²) in [5.74, 6) is -0.580. The van der Waals surface area contributed by atoms with E-state index in [1.54, 1.807) is 24.3 Å². The SMILES string of the molecule is COC(=O)c1cc(S(=O)(=O)c2ccccc2)ccc1-c1ccccc1. The van der Waals surface area contributed by atoms with Crippen molar-refractivity contribution in [3.8, 4) is 11.1 Å². The molecule has 0 heterocycles. The van der Waals surface area contributed by atoms with Gasteiger partial charge in [0.25, 0.3) is 0 Å². The summed E-state index contributed by atoms with van der Waals surface area (Å²) in [7, 11) is -2.44. The van der Waals surface area contributed by atoms with E-state index in [9.17, 15) is 13.2 Å². The monoisotopic (exact) mass is 352 g/mol. The maximum atomic E-state index is 12.8. The Morgan fingerprint density at radius 3 is 2.00 bits per heavy atom. The van der Waals surface area contributed by atoms with E-state index in [4.69, 9.17) is 4.74 Å². The van der Waals surface area contributed by atoms with Gasteiger partial charge in [-0.25, -0.2) is 13.2 Å². The molecule has 0 atom stereocenters. The summed E-state index contributed by atoms with van der Waals surface area (Å²) in [4.78, 5) is 12.4. The summed E-state index contributed by atoms with van der Waals surface area (Å²) in [6.45, 7) is 0. The molecule has 126 valence electrons. The first kappa shape index (κ1) is 16.9. The first-order valence-corrected chi connectivity index (χ1v) is 9.10. The molecule has 0 aliphatic heterocycles. The molecule has 0 bridgehead atoms. The molecule has 0 N–H and O–H groups in total. The third-order valence-electron chi connectivity index (χ3n) is 3.84. The molecule has 3 rings (SSSR count). The Balaban J connectivity index is 2.17. The molecular formula is C20H16O4S. The lowest BCUT2D eigenvalue weighted by molar-refractivity contribution is 0.0601. The van der Waals surface area contributed by atoms with Crippen molar-refractivity contribution in [2.45, 2.75) is 9.79 Å². The van der Waals surface area contributed by atoms with Gasteiger partial charge in [-0.15, -0.1) is 0 Å². The van der Waals surface area contributed by atoms with Gasteiger partial charge in [0.05, 0.1) is 22.5 Å². The van der Waals surface area contributed by atoms with E-state index in [2.05, 4.69) is 0 Å². The van der Waals surface area contributed by atoms with Gasteiger partial charge in [0.2, 0.25) is 9.84 Å². The molecule has 0 saturated carbocycles. The van der Waals surface area contributed by atoms with E-state index in [1.807, 2.05) is 30.3 Å². The van der Waals surface area contributed by atoms with Crippen LogP contribution in [-0.2, 0) is 14.6 Å². The topological polar surface area (TPSA) is 60.4 Å². The summed E-state index contributed by atoms with van der Waals surface area (Å²) >= 11 is 0. The molecule has 0 saturated heterocycles. The Morgan fingerprint density at radius 2 is 1.40 bits per heavy atom. The van der Waals surface area contributed by atoms with Gasteiger partial charge in [0, 0.05) is 0 Å². The van der Waals surface area contributed by atoms with Crippen molar-refractivity contribution in [2.75, 3.05) is 7.11 Å². The zero-order valence-corrected chi connectivity index (χ0v) is 14.4. The van der Waals surface area contributed by atoms with Crippen LogP contribution in [0.25, 0.3) is 11.1 Å². The number of hydrogen-bond donors (Lipinski definition) is 0. The molecule has 0 fully saturated rings. The van der Waals surface area contributed by atoms with Crippen molar-refractivity contribution < 1.29 is 17.9 Å². The van der Waals surface area contributed by atoms with Crippen LogP contribution in [0.15, 0.2) is 88.7 Å². The zero-order chi connectivity index (χ0) is 17.9. The Morgan fingerprint density at radius 1 is 0.800 bits per heavy atom. The number of esters is 1. The van der Waals surface area contributed by atoms with Gasteiger partial charge in [-0.05, 0) is 35.4 Å². The van der Waals surface area contributed by atoms with Crippen LogP contribution in [0.5, 0.6) is 0 Å². The second kappa shape index (κ2) is 6.91. The molecule has 0 aliphatic carbocycles. The van der Waals surface area contributed by atoms with E-state index in [1.165, 1.54) is 31.4 Å². The molecule has 25 heavy (non-hydrogen) atoms. The lowest BCUT2D eigenvalue weighted by Crippen LogP contribution is -2.08. The molecule has 3 aromatic carbocycles. The van der Waals surface area contributed by atoms with Crippen LogP contribution in [0.1, 0.15) is 10.4 Å². The second-order valence-corrected chi connectivity index (χ2v) is 7.33. The molecule has 0 radical (unpaired) electrons. The van der Waals surface area contributed by atoms with Gasteiger partial charge in [-0.3, -0.25) is 0 Å². The van der Waals surface area contributed by atoms with Gasteiger partial charge < -0.3 is 4.74 Å². The second-order valence-electron chi connectivity index (χ2n) is 5.38. The fourth-order valence-corrected chi connectivity index (χ4v) is 3.88. The van der Waals surface area contributed by atoms with E-state index in [0.717, 1.165) is 5.56 Å². The normalized spacial score (nSPS) is 11.1. The fraction of sp³-hybridized carbons (Fsp3) is 0.0500. The van der Waals surface area contributed by atoms with Crippen LogP contribution in [0.4, 0.5) is 0 Å². The highest BCUT2D eigenvalue weighted by Crippen LogP contribution is 2.29. The van der Waals surface area contributed by atoms with Gasteiger partial charge >= 0.3 is 5.97 Å². The van der Waals surface area contributed by atoms with Crippen molar-refractivity contribution in [2.24, 2.45) is 0 Å². The predicted molar refractivity (Wildman–Crippen MR) is 95.1 cm³/mol. The quantitative estimate of drug-likeness (QED) is 0.667. The Bertz CT molecular complexity index is 994. The number of sulfone groups is 1. The minimum atomic E-state index is -3.71. The van der Waals surface area contributed by atoms with Gasteiger partial charge in [0.1, 0.15) is 0 Å². The molecule has 4 nitrogen and oxygen atoms in total. The minimum Gasteiger partial charge on any atom is -0.465 e. The van der Waals surface area contributed by atoms with Gasteiger partial charge in [0.15, 0.2) is 0 Å². The van der Waals surface area contributed by atoms with Gasteiger partial charge in [-0.2, -0.15) is 0 Å². The molecular weight excluding hydrogens is 336 g/mol. The maximum absolute atomic E-state index is 12.8. The number of rotatable bonds is 4. The molecule has 0 spiro atoms. The Labute approximate surface area is 146 Å². The fourth-order valence-electron chi connectivity index (χ4n) is 2.57. The first-order valence-electron chi connectivity index (χ1n) is 7.62. The van der Waals surface area contributed by atoms with Crippen molar-refractivity contribution in [1.82, 2.24) is 0 Å². The highest BCUT2D eigenvalue weighted by molar-refractivity contribution is 7.91. The van der Waals surface area contributed by atoms with Crippen LogP contribution >= 0.6 is 0 Å². The third-order valence-corrected chi connectivity index (χ3v) is 5.61. The summed E-state index contributed by atoms with van der Waals surface area (Å²) in [6, 6.07) is 21.9. The van der Waals surface area contributed by atoms with E-state index in [-0.39, 0.29) is 15.4 Å². The lowest BCUT2D eigenvalue weighted by atomic mass is 10.00. The number of benzene rings is 3. The standard InChI is InChI=1S/C20H16O4S/c1-24-20(21)19-14-17(25(22,23)16-10-6-3-7-11-16)12-13-18(19)15-8-4-2-5-9-15/h2-14H,1H3. The summed E-state index contributed by atoms with van der Waals surface area (Å²) in [5.41, 5.74) is 1.65. The van der Waals surface area contributed by atoms with Crippen LogP contribution in [0.3, 0.4) is 0 Å². The van der Waals surface area contributed by atoms with Crippen LogP contribution in [-0.4, -0.2) is 21.5 Å². The molecule has 3 aromatic rings. The number of hydrogen-bond acceptors (Lipinski definition) is 4. The summed E-state index contributed by atoms with van der Waals surface area (Å²) in [5, 5.41) is 0. The lowest BCUT2D eigenvalue weighted by Gasteiger charge is -2.11. The minimum absolute atomic E-state index is 0.0544. The molecule has 5 heteroatoms. The van der Waals surface area contributed by atoms with Crippen LogP contribution in [0.2, 0.25) is 0 Å². The van der Waals surface area contributed by atoms with Crippen LogP contribution in [0, 0.1) is 0 Å². The Kier molecular flexibility index (Phi) is 4.67. The molecule has 0 unspecified atom stereocenters. The molecule has 0 aromatic heterocycles. The summed E-state index contributed by atoms with van der Waals surface area (Å²) < 4.78 is 30.4. The van der Waals surface area contributed by atoms with Gasteiger partial charge in [-0.1, -0.05) is 54.6 Å². The molecule has 0 amide bonds. The Hall–Kier alpha value is -2.92. The highest BCUT2D eigenvalue weighted by Gasteiger charge is 2.22. The molecule has 0 aliphatic rings. The van der Waals surface area contributed by atoms with E-state index >= 15 is 0 Å². The van der Waals surface area contributed by atoms with E-state index < -0.39 is 15.8 Å². The maximum Gasteiger partial charge on any atom is 0.338 e. The first-order chi connectivity index (χ1) is 12.0. The largest absolute Gasteiger partial charge is 0.465 e. The van der Waals surface area contributed by atoms with Crippen molar-refractivity contribution in [3.63, 3.8) is 0 Å². The number of carbonyl (C=O) groups excluding carboxylic acids is 1. The highest BCUT2D eigenvalue weighted by atomic mass is 32.2. The smallest absolute Gasteiger partial charge is 0.338 e. The average Bonchev–Trinajstić information content (AvgIpc) is 2.68. The predicted octanol–water partition coefficient (Wildman–Crippen LogP) is 3.97. The van der Waals surface area contributed by atoms with Crippen LogP contribution < -0.4 is 0 Å². The third kappa shape index (κ3) is 3.32. The number of ether oxygens (including phenoxy) is 1. The number of carbonyl (C=O) groups is 1. The number of methoxy groups -OCH3 is 1. The van der Waals surface area contributed by atoms with E-state index in [0.29, 0.717) is 5.56 Å². The van der Waals surface area contributed by atoms with Crippen molar-refractivity contribution in [3.05, 3.63) is 84.4 Å². The zero-order valence-electron chi connectivity index (χ0n) is 13.5. The van der Waals surface area contributed by atoms with Crippen molar-refractivity contribution in [1.29, 1.82) is 0 Å². The van der Waals surface area contributed by atoms with Crippen molar-refractivity contribution >= 4 is 15.8 Å². The average molecular weight is 352 g/mol.